The van der Waals surface area contributed by atoms with Crippen molar-refractivity contribution in [3.63, 3.8) is 0 Å². The highest BCUT2D eigenvalue weighted by Gasteiger charge is 2.17. The van der Waals surface area contributed by atoms with Crippen LogP contribution in [0.15, 0.2) is 283 Å². The van der Waals surface area contributed by atoms with Gasteiger partial charge in [-0.25, -0.2) is 0 Å². The monoisotopic (exact) mass is 930 g/mol. The molecule has 14 rings (SSSR count). The number of anilines is 3. The van der Waals surface area contributed by atoms with Crippen LogP contribution in [0, 0.1) is 0 Å². The van der Waals surface area contributed by atoms with Gasteiger partial charge in [-0.05, 0) is 157 Å². The highest BCUT2D eigenvalue weighted by atomic mass is 16.3. The van der Waals surface area contributed by atoms with Crippen molar-refractivity contribution in [2.45, 2.75) is 0 Å². The molecule has 0 fully saturated rings. The van der Waals surface area contributed by atoms with Gasteiger partial charge in [-0.1, -0.05) is 188 Å². The van der Waals surface area contributed by atoms with E-state index in [1.807, 2.05) is 12.1 Å². The summed E-state index contributed by atoms with van der Waals surface area (Å²) in [5.74, 6) is 0. The molecule has 0 amide bonds. The molecule has 0 aliphatic rings. The number of hydrogen-bond donors (Lipinski definition) is 0. The van der Waals surface area contributed by atoms with Gasteiger partial charge in [-0.3, -0.25) is 0 Å². The number of aromatic nitrogens is 1. The minimum atomic E-state index is 0.904. The van der Waals surface area contributed by atoms with E-state index >= 15 is 0 Å². The third kappa shape index (κ3) is 7.54. The first-order valence-electron chi connectivity index (χ1n) is 25.0. The van der Waals surface area contributed by atoms with Gasteiger partial charge >= 0.3 is 0 Å². The smallest absolute Gasteiger partial charge is 0.135 e. The Hall–Kier alpha value is -9.70. The zero-order chi connectivity index (χ0) is 48.2. The number of fused-ring (bicyclic) bond motifs is 7. The molecule has 2 aromatic heterocycles. The first-order valence-corrected chi connectivity index (χ1v) is 25.0. The number of nitrogens with zero attached hydrogens (tertiary/aromatic N) is 2. The van der Waals surface area contributed by atoms with E-state index in [1.54, 1.807) is 0 Å². The van der Waals surface area contributed by atoms with Gasteiger partial charge in [0.25, 0.3) is 0 Å². The summed E-state index contributed by atoms with van der Waals surface area (Å²) in [4.78, 5) is 2.36. The van der Waals surface area contributed by atoms with E-state index in [1.165, 1.54) is 60.4 Å². The fourth-order valence-electron chi connectivity index (χ4n) is 11.0. The van der Waals surface area contributed by atoms with E-state index in [4.69, 9.17) is 4.42 Å². The van der Waals surface area contributed by atoms with Gasteiger partial charge in [-0.15, -0.1) is 0 Å². The molecular weight excluding hydrogens is 885 g/mol. The van der Waals surface area contributed by atoms with Crippen molar-refractivity contribution in [2.75, 3.05) is 4.90 Å². The lowest BCUT2D eigenvalue weighted by atomic mass is 9.95. The Bertz CT molecular complexity index is 4310. The topological polar surface area (TPSA) is 21.3 Å². The zero-order valence-electron chi connectivity index (χ0n) is 39.9. The molecule has 0 saturated carbocycles. The Labute approximate surface area is 423 Å². The second kappa shape index (κ2) is 17.6. The van der Waals surface area contributed by atoms with E-state index < -0.39 is 0 Å². The molecule has 12 aromatic carbocycles. The van der Waals surface area contributed by atoms with Crippen LogP contribution in [0.2, 0.25) is 0 Å². The largest absolute Gasteiger partial charge is 0.456 e. The Morgan fingerprint density at radius 1 is 0.260 bits per heavy atom. The van der Waals surface area contributed by atoms with Crippen LogP contribution in [0.3, 0.4) is 0 Å². The summed E-state index contributed by atoms with van der Waals surface area (Å²) in [6, 6.07) is 101. The maximum Gasteiger partial charge on any atom is 0.135 e. The van der Waals surface area contributed by atoms with Crippen LogP contribution in [0.25, 0.3) is 116 Å². The third-order valence-corrected chi connectivity index (χ3v) is 14.6. The summed E-state index contributed by atoms with van der Waals surface area (Å²) in [6.07, 6.45) is 0. The van der Waals surface area contributed by atoms with Gasteiger partial charge in [0, 0.05) is 44.3 Å². The summed E-state index contributed by atoms with van der Waals surface area (Å²) in [6.45, 7) is 0. The molecule has 73 heavy (non-hydrogen) atoms. The molecule has 0 radical (unpaired) electrons. The lowest BCUT2D eigenvalue weighted by Gasteiger charge is -2.26. The molecule has 0 atom stereocenters. The van der Waals surface area contributed by atoms with E-state index in [-0.39, 0.29) is 0 Å². The van der Waals surface area contributed by atoms with Crippen molar-refractivity contribution in [1.82, 2.24) is 4.57 Å². The van der Waals surface area contributed by atoms with Gasteiger partial charge in [-0.2, -0.15) is 0 Å². The number of benzene rings is 12. The summed E-state index contributed by atoms with van der Waals surface area (Å²) >= 11 is 0. The van der Waals surface area contributed by atoms with E-state index in [0.29, 0.717) is 0 Å². The Balaban J connectivity index is 0.815. The molecular formula is C70H46N2O. The average Bonchev–Trinajstić information content (AvgIpc) is 4.01. The van der Waals surface area contributed by atoms with Crippen molar-refractivity contribution < 1.29 is 4.42 Å². The molecule has 0 aliphatic carbocycles. The molecule has 2 heterocycles. The molecule has 0 bridgehead atoms. The van der Waals surface area contributed by atoms with Crippen LogP contribution in [0.5, 0.6) is 0 Å². The molecule has 0 saturated heterocycles. The maximum atomic E-state index is 6.15. The van der Waals surface area contributed by atoms with Crippen molar-refractivity contribution in [3.05, 3.63) is 279 Å². The van der Waals surface area contributed by atoms with Crippen molar-refractivity contribution >= 4 is 71.6 Å². The van der Waals surface area contributed by atoms with Crippen LogP contribution in [0.4, 0.5) is 17.1 Å². The van der Waals surface area contributed by atoms with Crippen LogP contribution in [0.1, 0.15) is 0 Å². The van der Waals surface area contributed by atoms with Crippen LogP contribution >= 0.6 is 0 Å². The first-order chi connectivity index (χ1) is 36.2. The lowest BCUT2D eigenvalue weighted by molar-refractivity contribution is 0.669. The third-order valence-electron chi connectivity index (χ3n) is 14.6. The number of rotatable bonds is 9. The molecule has 0 unspecified atom stereocenters. The maximum absolute atomic E-state index is 6.15. The SMILES string of the molecule is c1cc(-c2ccc(N(c3ccc(-c4cccc(-c5cccc6ccccc56)c4)cc3)c3ccc(-c4cccc(-n5c6ccccc6c6ccccc65)c4)cc3)cc2)cc(-c2ccc3oc4ccccc4c3c2)c1. The van der Waals surface area contributed by atoms with Crippen LogP contribution in [-0.4, -0.2) is 4.57 Å². The Morgan fingerprint density at radius 3 is 1.32 bits per heavy atom. The lowest BCUT2D eigenvalue weighted by Crippen LogP contribution is -2.09. The van der Waals surface area contributed by atoms with Crippen LogP contribution < -0.4 is 4.90 Å². The summed E-state index contributed by atoms with van der Waals surface area (Å²) < 4.78 is 8.53. The van der Waals surface area contributed by atoms with Crippen LogP contribution in [-0.2, 0) is 0 Å². The fraction of sp³-hybridized carbons (Fsp3) is 0. The minimum Gasteiger partial charge on any atom is -0.456 e. The van der Waals surface area contributed by atoms with E-state index in [0.717, 1.165) is 72.5 Å². The van der Waals surface area contributed by atoms with Gasteiger partial charge < -0.3 is 13.9 Å². The van der Waals surface area contributed by atoms with Gasteiger partial charge in [0.15, 0.2) is 0 Å². The molecule has 3 nitrogen and oxygen atoms in total. The van der Waals surface area contributed by atoms with Gasteiger partial charge in [0.2, 0.25) is 0 Å². The second-order valence-electron chi connectivity index (χ2n) is 18.9. The standard InChI is InChI=1S/C70H46N2O/c1-2-21-61-50(13-1)14-12-25-62(61)56-19-10-16-52(44-56)48-31-38-58(39-32-48)71(57-36-29-47(30-37-57)51-15-9-17-53(43-51)55-35-42-70-66(46-55)65-24-5-8-28-69(65)73-70)59-40-33-49(34-41-59)54-18-11-20-60(45-54)72-67-26-6-3-22-63(67)64-23-4-7-27-68(64)72/h1-46H. The molecule has 0 aliphatic heterocycles. The number of hydrogen-bond acceptors (Lipinski definition) is 2. The van der Waals surface area contributed by atoms with Crippen molar-refractivity contribution in [3.8, 4) is 61.3 Å². The van der Waals surface area contributed by atoms with E-state index in [2.05, 4.69) is 276 Å². The predicted molar refractivity (Wildman–Crippen MR) is 307 cm³/mol. The summed E-state index contributed by atoms with van der Waals surface area (Å²) in [5, 5.41) is 7.29. The molecule has 3 heteroatoms. The van der Waals surface area contributed by atoms with Crippen molar-refractivity contribution in [2.24, 2.45) is 0 Å². The zero-order valence-corrected chi connectivity index (χ0v) is 39.9. The number of para-hydroxylation sites is 3. The predicted octanol–water partition coefficient (Wildman–Crippen LogP) is 19.6. The first kappa shape index (κ1) is 42.2. The molecule has 0 N–H and O–H groups in total. The van der Waals surface area contributed by atoms with Crippen molar-refractivity contribution in [1.29, 1.82) is 0 Å². The normalized spacial score (nSPS) is 11.6. The van der Waals surface area contributed by atoms with E-state index in [9.17, 15) is 0 Å². The molecule has 342 valence electrons. The fourth-order valence-corrected chi connectivity index (χ4v) is 11.0. The summed E-state index contributed by atoms with van der Waals surface area (Å²) in [5.41, 5.74) is 20.3. The highest BCUT2D eigenvalue weighted by Crippen LogP contribution is 2.41. The van der Waals surface area contributed by atoms with Gasteiger partial charge in [0.05, 0.1) is 11.0 Å². The molecule has 0 spiro atoms. The number of furan rings is 1. The summed E-state index contributed by atoms with van der Waals surface area (Å²) in [7, 11) is 0. The Kier molecular flexibility index (Phi) is 10.2. The average molecular weight is 931 g/mol. The second-order valence-corrected chi connectivity index (χ2v) is 18.9. The van der Waals surface area contributed by atoms with Gasteiger partial charge in [0.1, 0.15) is 11.2 Å². The Morgan fingerprint density at radius 2 is 0.685 bits per heavy atom. The highest BCUT2D eigenvalue weighted by molar-refractivity contribution is 6.09. The quantitative estimate of drug-likeness (QED) is 0.144. The minimum absolute atomic E-state index is 0.904. The molecule has 14 aromatic rings.